The Balaban J connectivity index is 1.98. The van der Waals surface area contributed by atoms with Crippen LogP contribution in [0, 0.1) is 16.0 Å². The lowest BCUT2D eigenvalue weighted by Gasteiger charge is -2.10. The molecule has 0 saturated heterocycles. The molecular weight excluding hydrogens is 246 g/mol. The van der Waals surface area contributed by atoms with Crippen LogP contribution in [-0.2, 0) is 0 Å². The van der Waals surface area contributed by atoms with Gasteiger partial charge in [0.05, 0.1) is 4.92 Å². The van der Waals surface area contributed by atoms with Crippen LogP contribution in [-0.4, -0.2) is 17.4 Å². The molecule has 1 fully saturated rings. The van der Waals surface area contributed by atoms with Crippen LogP contribution in [0.5, 0.6) is 0 Å². The van der Waals surface area contributed by atoms with E-state index in [2.05, 4.69) is 5.32 Å². The first-order chi connectivity index (χ1) is 9.08. The van der Waals surface area contributed by atoms with Crippen LogP contribution in [0.2, 0.25) is 0 Å². The van der Waals surface area contributed by atoms with Crippen LogP contribution < -0.4 is 11.1 Å². The number of nitrogens with two attached hydrogens (primary N) is 1. The van der Waals surface area contributed by atoms with Gasteiger partial charge in [-0.3, -0.25) is 14.9 Å². The SMILES string of the molecule is Nc1cc(C(=O)NCC2CCCC2)ccc1[N+](=O)[O-]. The zero-order chi connectivity index (χ0) is 13.8. The van der Waals surface area contributed by atoms with Crippen molar-refractivity contribution in [2.45, 2.75) is 25.7 Å². The van der Waals surface area contributed by atoms with E-state index in [1.165, 1.54) is 31.0 Å². The first-order valence-corrected chi connectivity index (χ1v) is 6.40. The highest BCUT2D eigenvalue weighted by Crippen LogP contribution is 2.24. The third-order valence-corrected chi connectivity index (χ3v) is 3.51. The van der Waals surface area contributed by atoms with Crippen LogP contribution in [0.25, 0.3) is 0 Å². The van der Waals surface area contributed by atoms with Crippen molar-refractivity contribution in [1.29, 1.82) is 0 Å². The topological polar surface area (TPSA) is 98.3 Å². The van der Waals surface area contributed by atoms with Crippen molar-refractivity contribution in [2.24, 2.45) is 5.92 Å². The largest absolute Gasteiger partial charge is 0.393 e. The van der Waals surface area contributed by atoms with Gasteiger partial charge in [0, 0.05) is 18.2 Å². The molecule has 1 aromatic carbocycles. The van der Waals surface area contributed by atoms with Gasteiger partial charge in [0.25, 0.3) is 11.6 Å². The first kappa shape index (κ1) is 13.3. The van der Waals surface area contributed by atoms with Gasteiger partial charge < -0.3 is 11.1 Å². The van der Waals surface area contributed by atoms with Crippen LogP contribution in [0.1, 0.15) is 36.0 Å². The Bertz CT molecular complexity index is 496. The lowest BCUT2D eigenvalue weighted by molar-refractivity contribution is -0.383. The zero-order valence-electron chi connectivity index (χ0n) is 10.6. The van der Waals surface area contributed by atoms with Gasteiger partial charge in [0.15, 0.2) is 0 Å². The summed E-state index contributed by atoms with van der Waals surface area (Å²) in [5, 5.41) is 13.5. The van der Waals surface area contributed by atoms with Crippen molar-refractivity contribution in [1.82, 2.24) is 5.32 Å². The molecule has 0 aliphatic heterocycles. The highest BCUT2D eigenvalue weighted by molar-refractivity contribution is 5.95. The van der Waals surface area contributed by atoms with Gasteiger partial charge >= 0.3 is 0 Å². The molecule has 1 aromatic rings. The highest BCUT2D eigenvalue weighted by Gasteiger charge is 2.18. The number of nitro benzene ring substituents is 1. The Kier molecular flexibility index (Phi) is 3.99. The van der Waals surface area contributed by atoms with Gasteiger partial charge in [0.1, 0.15) is 5.69 Å². The van der Waals surface area contributed by atoms with E-state index >= 15 is 0 Å². The summed E-state index contributed by atoms with van der Waals surface area (Å²) in [5.41, 5.74) is 5.76. The number of hydrogen-bond acceptors (Lipinski definition) is 4. The van der Waals surface area contributed by atoms with Crippen molar-refractivity contribution in [3.63, 3.8) is 0 Å². The molecule has 1 aliphatic carbocycles. The molecule has 6 heteroatoms. The lowest BCUT2D eigenvalue weighted by atomic mass is 10.1. The van der Waals surface area contributed by atoms with Gasteiger partial charge in [-0.05, 0) is 30.9 Å². The Hall–Kier alpha value is -2.11. The second-order valence-electron chi connectivity index (χ2n) is 4.89. The second kappa shape index (κ2) is 5.69. The summed E-state index contributed by atoms with van der Waals surface area (Å²) in [5.74, 6) is 0.327. The summed E-state index contributed by atoms with van der Waals surface area (Å²) in [6.45, 7) is 0.662. The van der Waals surface area contributed by atoms with Gasteiger partial charge in [-0.15, -0.1) is 0 Å². The molecule has 3 N–H and O–H groups in total. The van der Waals surface area contributed by atoms with Crippen molar-refractivity contribution >= 4 is 17.3 Å². The Labute approximate surface area is 111 Å². The van der Waals surface area contributed by atoms with E-state index in [4.69, 9.17) is 5.73 Å². The number of rotatable bonds is 4. The summed E-state index contributed by atoms with van der Waals surface area (Å²) in [4.78, 5) is 22.0. The van der Waals surface area contributed by atoms with E-state index in [-0.39, 0.29) is 17.3 Å². The minimum atomic E-state index is -0.560. The number of amides is 1. The molecule has 0 radical (unpaired) electrons. The number of nitrogens with zero attached hydrogens (tertiary/aromatic N) is 1. The Morgan fingerprint density at radius 3 is 2.68 bits per heavy atom. The Morgan fingerprint density at radius 1 is 1.42 bits per heavy atom. The molecule has 102 valence electrons. The highest BCUT2D eigenvalue weighted by atomic mass is 16.6. The van der Waals surface area contributed by atoms with Crippen LogP contribution in [0.4, 0.5) is 11.4 Å². The maximum Gasteiger partial charge on any atom is 0.292 e. The fourth-order valence-electron chi connectivity index (χ4n) is 2.42. The van der Waals surface area contributed by atoms with Crippen molar-refractivity contribution in [2.75, 3.05) is 12.3 Å². The fraction of sp³-hybridized carbons (Fsp3) is 0.462. The number of carbonyl (C=O) groups excluding carboxylic acids is 1. The fourth-order valence-corrected chi connectivity index (χ4v) is 2.42. The summed E-state index contributed by atoms with van der Waals surface area (Å²) in [6, 6.07) is 4.04. The van der Waals surface area contributed by atoms with Gasteiger partial charge in [-0.2, -0.15) is 0 Å². The zero-order valence-corrected chi connectivity index (χ0v) is 10.6. The van der Waals surface area contributed by atoms with E-state index in [0.717, 1.165) is 12.8 Å². The predicted molar refractivity (Wildman–Crippen MR) is 71.8 cm³/mol. The van der Waals surface area contributed by atoms with E-state index < -0.39 is 4.92 Å². The number of hydrogen-bond donors (Lipinski definition) is 2. The average molecular weight is 263 g/mol. The smallest absolute Gasteiger partial charge is 0.292 e. The van der Waals surface area contributed by atoms with E-state index in [1.54, 1.807) is 0 Å². The molecule has 19 heavy (non-hydrogen) atoms. The number of nitro groups is 1. The van der Waals surface area contributed by atoms with Crippen LogP contribution in [0.15, 0.2) is 18.2 Å². The average Bonchev–Trinajstić information content (AvgIpc) is 2.88. The maximum atomic E-state index is 11.9. The maximum absolute atomic E-state index is 11.9. The van der Waals surface area contributed by atoms with E-state index in [1.807, 2.05) is 0 Å². The molecule has 0 unspecified atom stereocenters. The Morgan fingerprint density at radius 2 is 2.11 bits per heavy atom. The monoisotopic (exact) mass is 263 g/mol. The normalized spacial score (nSPS) is 15.4. The number of carbonyl (C=O) groups is 1. The summed E-state index contributed by atoms with van der Waals surface area (Å²) >= 11 is 0. The van der Waals surface area contributed by atoms with Crippen molar-refractivity contribution < 1.29 is 9.72 Å². The minimum absolute atomic E-state index is 0.0125. The molecule has 0 bridgehead atoms. The van der Waals surface area contributed by atoms with Gasteiger partial charge in [0.2, 0.25) is 0 Å². The molecular formula is C13H17N3O3. The van der Waals surface area contributed by atoms with Gasteiger partial charge in [-0.1, -0.05) is 12.8 Å². The molecule has 1 aliphatic rings. The number of anilines is 1. The van der Waals surface area contributed by atoms with Crippen LogP contribution >= 0.6 is 0 Å². The van der Waals surface area contributed by atoms with E-state index in [0.29, 0.717) is 18.0 Å². The standard InChI is InChI=1S/C13H17N3O3/c14-11-7-10(5-6-12(11)16(18)19)13(17)15-8-9-3-1-2-4-9/h5-7,9H,1-4,8,14H2,(H,15,17). The molecule has 1 saturated carbocycles. The summed E-state index contributed by atoms with van der Waals surface area (Å²) < 4.78 is 0. The molecule has 0 aromatic heterocycles. The predicted octanol–water partition coefficient (Wildman–Crippen LogP) is 2.10. The summed E-state index contributed by atoms with van der Waals surface area (Å²) in [7, 11) is 0. The molecule has 0 atom stereocenters. The van der Waals surface area contributed by atoms with Crippen LogP contribution in [0.3, 0.4) is 0 Å². The van der Waals surface area contributed by atoms with Gasteiger partial charge in [-0.25, -0.2) is 0 Å². The first-order valence-electron chi connectivity index (χ1n) is 6.40. The molecule has 0 spiro atoms. The van der Waals surface area contributed by atoms with E-state index in [9.17, 15) is 14.9 Å². The molecule has 6 nitrogen and oxygen atoms in total. The second-order valence-corrected chi connectivity index (χ2v) is 4.89. The minimum Gasteiger partial charge on any atom is -0.393 e. The number of nitrogen functional groups attached to an aromatic ring is 1. The quantitative estimate of drug-likeness (QED) is 0.493. The number of nitrogens with one attached hydrogen (secondary N) is 1. The third-order valence-electron chi connectivity index (χ3n) is 3.51. The van der Waals surface area contributed by atoms with Crippen molar-refractivity contribution in [3.8, 4) is 0 Å². The molecule has 2 rings (SSSR count). The van der Waals surface area contributed by atoms with Crippen molar-refractivity contribution in [3.05, 3.63) is 33.9 Å². The molecule has 1 amide bonds. The number of benzene rings is 1. The lowest BCUT2D eigenvalue weighted by Crippen LogP contribution is -2.28. The summed E-state index contributed by atoms with van der Waals surface area (Å²) in [6.07, 6.45) is 4.77. The third kappa shape index (κ3) is 3.21. The molecule has 0 heterocycles.